The molecule has 0 saturated heterocycles. The van der Waals surface area contributed by atoms with Crippen LogP contribution in [0.15, 0.2) is 9.59 Å². The van der Waals surface area contributed by atoms with Crippen molar-refractivity contribution in [3.8, 4) is 0 Å². The third-order valence-corrected chi connectivity index (χ3v) is 9.66. The van der Waals surface area contributed by atoms with E-state index in [4.69, 9.17) is 4.43 Å². The van der Waals surface area contributed by atoms with E-state index in [1.54, 1.807) is 6.92 Å². The Kier molecular flexibility index (Phi) is 4.30. The highest BCUT2D eigenvalue weighted by Crippen LogP contribution is 2.40. The summed E-state index contributed by atoms with van der Waals surface area (Å²) in [5.74, 6) is 0. The highest BCUT2D eigenvalue weighted by molar-refractivity contribution is 6.74. The molecular weight excluding hydrogens is 318 g/mol. The van der Waals surface area contributed by atoms with Gasteiger partial charge < -0.3 is 14.6 Å². The second kappa shape index (κ2) is 5.44. The van der Waals surface area contributed by atoms with Gasteiger partial charge in [0.15, 0.2) is 14.5 Å². The second-order valence-corrected chi connectivity index (χ2v) is 12.6. The first kappa shape index (κ1) is 18.2. The summed E-state index contributed by atoms with van der Waals surface area (Å²) in [7, 11) is -0.886. The van der Waals surface area contributed by atoms with Crippen molar-refractivity contribution in [2.45, 2.75) is 70.3 Å². The third kappa shape index (κ3) is 2.65. The molecule has 0 aromatic carbocycles. The minimum atomic E-state index is -2.23. The van der Waals surface area contributed by atoms with E-state index >= 15 is 0 Å². The highest BCUT2D eigenvalue weighted by Gasteiger charge is 2.48. The van der Waals surface area contributed by atoms with Gasteiger partial charge in [-0.2, -0.15) is 4.68 Å². The Hall–Kier alpha value is -1.16. The van der Waals surface area contributed by atoms with Crippen LogP contribution >= 0.6 is 0 Å². The van der Waals surface area contributed by atoms with Gasteiger partial charge in [-0.3, -0.25) is 0 Å². The molecule has 0 radical (unpaired) electrons. The predicted molar refractivity (Wildman–Crippen MR) is 88.0 cm³/mol. The molecule has 2 N–H and O–H groups in total. The monoisotopic (exact) mass is 345 g/mol. The van der Waals surface area contributed by atoms with Gasteiger partial charge in [0.1, 0.15) is 6.10 Å². The van der Waals surface area contributed by atoms with Crippen LogP contribution in [0.25, 0.3) is 0 Å². The number of rotatable bonds is 2. The summed E-state index contributed by atoms with van der Waals surface area (Å²) in [4.78, 5) is 24.4. The Morgan fingerprint density at radius 1 is 1.09 bits per heavy atom. The fourth-order valence-corrected chi connectivity index (χ4v) is 3.98. The maximum atomic E-state index is 12.3. The number of fused-ring (bicyclic) bond motifs is 1. The first-order valence-electron chi connectivity index (χ1n) is 7.75. The van der Waals surface area contributed by atoms with Crippen LogP contribution in [0.2, 0.25) is 18.1 Å². The summed E-state index contributed by atoms with van der Waals surface area (Å²) in [6, 6.07) is -0.566. The molecule has 1 aliphatic heterocycles. The number of aliphatic hydroxyl groups excluding tert-OH is 2. The molecule has 0 saturated carbocycles. The molecule has 8 nitrogen and oxygen atoms in total. The fraction of sp³-hybridized carbons (Fsp3) is 0.857. The molecule has 0 amide bonds. The molecule has 2 rings (SSSR count). The van der Waals surface area contributed by atoms with Gasteiger partial charge in [0.2, 0.25) is 0 Å². The molecule has 0 bridgehead atoms. The van der Waals surface area contributed by atoms with Gasteiger partial charge >= 0.3 is 11.4 Å². The van der Waals surface area contributed by atoms with Gasteiger partial charge in [-0.15, -0.1) is 0 Å². The third-order valence-electron chi connectivity index (χ3n) is 5.19. The zero-order valence-corrected chi connectivity index (χ0v) is 15.8. The van der Waals surface area contributed by atoms with Crippen LogP contribution in [0.4, 0.5) is 0 Å². The summed E-state index contributed by atoms with van der Waals surface area (Å²) < 4.78 is 9.25. The van der Waals surface area contributed by atoms with E-state index in [1.807, 2.05) is 13.1 Å². The topological polar surface area (TPSA) is 98.6 Å². The van der Waals surface area contributed by atoms with E-state index in [0.29, 0.717) is 0 Å². The molecule has 9 heteroatoms. The lowest BCUT2D eigenvalue weighted by molar-refractivity contribution is -0.140. The minimum absolute atomic E-state index is 0.0871. The van der Waals surface area contributed by atoms with Gasteiger partial charge in [-0.25, -0.2) is 18.8 Å². The molecule has 0 fully saturated rings. The Labute approximate surface area is 136 Å². The molecule has 2 heterocycles. The molecule has 0 unspecified atom stereocenters. The maximum Gasteiger partial charge on any atom is 0.349 e. The van der Waals surface area contributed by atoms with Gasteiger partial charge in [0, 0.05) is 7.05 Å². The van der Waals surface area contributed by atoms with Crippen LogP contribution in [0, 0.1) is 0 Å². The van der Waals surface area contributed by atoms with Crippen molar-refractivity contribution in [1.82, 2.24) is 13.9 Å². The van der Waals surface area contributed by atoms with E-state index in [0.717, 1.165) is 9.25 Å². The van der Waals surface area contributed by atoms with E-state index in [2.05, 4.69) is 20.8 Å². The van der Waals surface area contributed by atoms with Crippen LogP contribution in [0.1, 0.15) is 40.0 Å². The zero-order chi connectivity index (χ0) is 17.9. The minimum Gasteiger partial charge on any atom is -0.409 e. The largest absolute Gasteiger partial charge is 0.409 e. The lowest BCUT2D eigenvalue weighted by Gasteiger charge is -2.45. The van der Waals surface area contributed by atoms with Gasteiger partial charge in [0.05, 0.1) is 12.1 Å². The van der Waals surface area contributed by atoms with Crippen molar-refractivity contribution < 1.29 is 14.6 Å². The number of hydrogen-bond acceptors (Lipinski definition) is 5. The second-order valence-electron chi connectivity index (χ2n) is 7.80. The number of hydrogen-bond donors (Lipinski definition) is 2. The summed E-state index contributed by atoms with van der Waals surface area (Å²) in [5, 5.41) is 20.7. The maximum absolute atomic E-state index is 12.3. The van der Waals surface area contributed by atoms with E-state index in [9.17, 15) is 19.8 Å². The SMILES string of the molecule is C[C@H]1[C@@H](O[Si](C)(C)C(C)(C)C)[C@H](O)[C@H](O)n2c(=O)n(C)c(=O)n21. The van der Waals surface area contributed by atoms with E-state index < -0.39 is 44.2 Å². The lowest BCUT2D eigenvalue weighted by Crippen LogP contribution is -2.57. The number of nitrogens with zero attached hydrogens (tertiary/aromatic N) is 3. The average molecular weight is 345 g/mol. The van der Waals surface area contributed by atoms with Crippen LogP contribution in [-0.2, 0) is 11.5 Å². The van der Waals surface area contributed by atoms with Crippen LogP contribution in [-0.4, -0.2) is 44.7 Å². The molecule has 132 valence electrons. The number of aliphatic hydroxyl groups is 2. The molecule has 0 aliphatic carbocycles. The standard InChI is InChI=1S/C14H27N3O5Si/c1-8-10(22-23(6,7)14(2,3)4)9(18)11(19)17-13(21)15(5)12(20)16(8)17/h8-11,18-19H,1-7H3/t8-,9-,10+,11-/m0/s1. The van der Waals surface area contributed by atoms with Crippen molar-refractivity contribution in [2.24, 2.45) is 7.05 Å². The van der Waals surface area contributed by atoms with E-state index in [-0.39, 0.29) is 5.04 Å². The molecule has 1 aromatic rings. The van der Waals surface area contributed by atoms with Crippen molar-refractivity contribution in [1.29, 1.82) is 0 Å². The Morgan fingerprint density at radius 3 is 2.04 bits per heavy atom. The molecule has 23 heavy (non-hydrogen) atoms. The molecular formula is C14H27N3O5Si. The highest BCUT2D eigenvalue weighted by atomic mass is 28.4. The Bertz CT molecular complexity index is 711. The zero-order valence-electron chi connectivity index (χ0n) is 14.8. The normalized spacial score (nSPS) is 28.7. The van der Waals surface area contributed by atoms with Crippen LogP contribution < -0.4 is 11.4 Å². The first-order valence-corrected chi connectivity index (χ1v) is 10.7. The predicted octanol–water partition coefficient (Wildman–Crippen LogP) is 0.165. The van der Waals surface area contributed by atoms with Crippen molar-refractivity contribution in [2.75, 3.05) is 0 Å². The quantitative estimate of drug-likeness (QED) is 0.744. The lowest BCUT2D eigenvalue weighted by atomic mass is 10.0. The van der Waals surface area contributed by atoms with Gasteiger partial charge in [-0.1, -0.05) is 20.8 Å². The summed E-state index contributed by atoms with van der Waals surface area (Å²) in [6.07, 6.45) is -3.55. The molecule has 0 spiro atoms. The molecule has 1 aliphatic rings. The van der Waals surface area contributed by atoms with Gasteiger partial charge in [0.25, 0.3) is 0 Å². The summed E-state index contributed by atoms with van der Waals surface area (Å²) >= 11 is 0. The summed E-state index contributed by atoms with van der Waals surface area (Å²) in [6.45, 7) is 12.0. The molecule has 1 aromatic heterocycles. The van der Waals surface area contributed by atoms with Crippen molar-refractivity contribution in [3.05, 3.63) is 21.0 Å². The van der Waals surface area contributed by atoms with E-state index in [1.165, 1.54) is 11.7 Å². The van der Waals surface area contributed by atoms with Crippen LogP contribution in [0.3, 0.4) is 0 Å². The average Bonchev–Trinajstić information content (AvgIpc) is 2.64. The smallest absolute Gasteiger partial charge is 0.349 e. The van der Waals surface area contributed by atoms with Crippen molar-refractivity contribution >= 4 is 8.32 Å². The number of aromatic nitrogens is 3. The Balaban J connectivity index is 2.52. The first-order chi connectivity index (χ1) is 10.3. The summed E-state index contributed by atoms with van der Waals surface area (Å²) in [5.41, 5.74) is -1.18. The Morgan fingerprint density at radius 2 is 1.57 bits per heavy atom. The fourth-order valence-electron chi connectivity index (χ4n) is 2.61. The van der Waals surface area contributed by atoms with Gasteiger partial charge in [-0.05, 0) is 25.1 Å². The molecule has 4 atom stereocenters. The van der Waals surface area contributed by atoms with Crippen LogP contribution in [0.5, 0.6) is 0 Å². The van der Waals surface area contributed by atoms with Crippen molar-refractivity contribution in [3.63, 3.8) is 0 Å².